The van der Waals surface area contributed by atoms with Gasteiger partial charge in [0.1, 0.15) is 0 Å². The van der Waals surface area contributed by atoms with Gasteiger partial charge in [0.25, 0.3) is 5.91 Å². The van der Waals surface area contributed by atoms with Gasteiger partial charge < -0.3 is 16.8 Å². The average Bonchev–Trinajstić information content (AvgIpc) is 2.63. The van der Waals surface area contributed by atoms with Crippen LogP contribution in [-0.2, 0) is 7.05 Å². The second kappa shape index (κ2) is 4.17. The zero-order valence-electron chi connectivity index (χ0n) is 9.34. The number of aryl methyl sites for hydroxylation is 1. The number of carbonyl (C=O) groups excluding carboxylic acids is 1. The van der Waals surface area contributed by atoms with E-state index in [0.717, 1.165) is 5.69 Å². The summed E-state index contributed by atoms with van der Waals surface area (Å²) in [6.45, 7) is 0. The van der Waals surface area contributed by atoms with Crippen LogP contribution in [0.5, 0.6) is 0 Å². The average molecular weight is 231 g/mol. The third-order valence-corrected chi connectivity index (χ3v) is 2.29. The molecule has 0 bridgehead atoms. The highest BCUT2D eigenvalue weighted by molar-refractivity contribution is 5.99. The summed E-state index contributed by atoms with van der Waals surface area (Å²) in [6.07, 6.45) is 3.43. The van der Waals surface area contributed by atoms with E-state index in [2.05, 4.69) is 10.4 Å². The molecule has 1 aromatic carbocycles. The Morgan fingerprint density at radius 2 is 2.24 bits per heavy atom. The van der Waals surface area contributed by atoms with E-state index < -0.39 is 5.91 Å². The molecule has 1 aromatic heterocycles. The number of amides is 1. The number of hydrogen-bond donors (Lipinski definition) is 3. The minimum Gasteiger partial charge on any atom is -0.399 e. The molecule has 17 heavy (non-hydrogen) atoms. The highest BCUT2D eigenvalue weighted by atomic mass is 16.1. The van der Waals surface area contributed by atoms with Crippen molar-refractivity contribution in [2.45, 2.75) is 0 Å². The summed E-state index contributed by atoms with van der Waals surface area (Å²) >= 11 is 0. The molecule has 1 amide bonds. The van der Waals surface area contributed by atoms with E-state index in [1.54, 1.807) is 42.3 Å². The van der Waals surface area contributed by atoms with Crippen LogP contribution in [0.4, 0.5) is 17.1 Å². The zero-order valence-corrected chi connectivity index (χ0v) is 9.34. The Labute approximate surface area is 98.2 Å². The quantitative estimate of drug-likeness (QED) is 0.682. The maximum atomic E-state index is 11.2. The third-order valence-electron chi connectivity index (χ3n) is 2.29. The molecule has 88 valence electrons. The van der Waals surface area contributed by atoms with Crippen molar-refractivity contribution in [2.24, 2.45) is 12.8 Å². The third kappa shape index (κ3) is 2.36. The van der Waals surface area contributed by atoms with E-state index in [9.17, 15) is 4.79 Å². The zero-order chi connectivity index (χ0) is 12.4. The predicted molar refractivity (Wildman–Crippen MR) is 65.9 cm³/mol. The number of nitrogens with zero attached hydrogens (tertiary/aromatic N) is 2. The summed E-state index contributed by atoms with van der Waals surface area (Å²) in [4.78, 5) is 11.2. The molecule has 0 fully saturated rings. The Bertz CT molecular complexity index is 561. The number of anilines is 3. The molecule has 0 atom stereocenters. The first-order valence-electron chi connectivity index (χ1n) is 5.01. The number of hydrogen-bond acceptors (Lipinski definition) is 4. The van der Waals surface area contributed by atoms with Crippen LogP contribution in [0.3, 0.4) is 0 Å². The van der Waals surface area contributed by atoms with Gasteiger partial charge in [-0.2, -0.15) is 5.10 Å². The number of rotatable bonds is 3. The van der Waals surface area contributed by atoms with Crippen molar-refractivity contribution in [1.29, 1.82) is 0 Å². The molecule has 0 saturated carbocycles. The molecule has 0 aliphatic carbocycles. The van der Waals surface area contributed by atoms with Gasteiger partial charge in [-0.05, 0) is 18.2 Å². The fourth-order valence-electron chi connectivity index (χ4n) is 1.52. The van der Waals surface area contributed by atoms with E-state index in [1.165, 1.54) is 0 Å². The lowest BCUT2D eigenvalue weighted by molar-refractivity contribution is 0.100. The van der Waals surface area contributed by atoms with Gasteiger partial charge in [0.05, 0.1) is 23.1 Å². The summed E-state index contributed by atoms with van der Waals surface area (Å²) in [5.74, 6) is -0.503. The van der Waals surface area contributed by atoms with Gasteiger partial charge in [-0.15, -0.1) is 0 Å². The summed E-state index contributed by atoms with van der Waals surface area (Å²) in [5, 5.41) is 7.07. The van der Waals surface area contributed by atoms with E-state index >= 15 is 0 Å². The summed E-state index contributed by atoms with van der Waals surface area (Å²) in [6, 6.07) is 4.89. The fraction of sp³-hybridized carbons (Fsp3) is 0.0909. The minimum atomic E-state index is -0.503. The van der Waals surface area contributed by atoms with Gasteiger partial charge in [0.15, 0.2) is 0 Å². The fourth-order valence-corrected chi connectivity index (χ4v) is 1.52. The SMILES string of the molecule is Cn1cc(Nc2cc(N)ccc2C(N)=O)cn1. The molecular formula is C11H13N5O. The van der Waals surface area contributed by atoms with Crippen LogP contribution < -0.4 is 16.8 Å². The molecule has 5 N–H and O–H groups in total. The second-order valence-corrected chi connectivity index (χ2v) is 3.70. The van der Waals surface area contributed by atoms with Gasteiger partial charge >= 0.3 is 0 Å². The van der Waals surface area contributed by atoms with Crippen molar-refractivity contribution in [3.63, 3.8) is 0 Å². The first kappa shape index (κ1) is 11.0. The van der Waals surface area contributed by atoms with Gasteiger partial charge in [-0.1, -0.05) is 0 Å². The van der Waals surface area contributed by atoms with Crippen molar-refractivity contribution in [1.82, 2.24) is 9.78 Å². The van der Waals surface area contributed by atoms with Crippen LogP contribution in [0.1, 0.15) is 10.4 Å². The summed E-state index contributed by atoms with van der Waals surface area (Å²) < 4.78 is 1.65. The van der Waals surface area contributed by atoms with E-state index in [0.29, 0.717) is 16.9 Å². The highest BCUT2D eigenvalue weighted by Crippen LogP contribution is 2.22. The van der Waals surface area contributed by atoms with E-state index in [4.69, 9.17) is 11.5 Å². The van der Waals surface area contributed by atoms with Gasteiger partial charge in [0, 0.05) is 18.9 Å². The Kier molecular flexibility index (Phi) is 2.70. The monoisotopic (exact) mass is 231 g/mol. The molecule has 0 saturated heterocycles. The van der Waals surface area contributed by atoms with Crippen molar-refractivity contribution in [2.75, 3.05) is 11.1 Å². The molecule has 6 heteroatoms. The number of nitrogens with two attached hydrogens (primary N) is 2. The molecule has 2 rings (SSSR count). The smallest absolute Gasteiger partial charge is 0.250 e. The first-order valence-corrected chi connectivity index (χ1v) is 5.01. The standard InChI is InChI=1S/C11H13N5O/c1-16-6-8(5-14-16)15-10-4-7(12)2-3-9(10)11(13)17/h2-6,15H,12H2,1H3,(H2,13,17). The first-order chi connectivity index (χ1) is 8.06. The van der Waals surface area contributed by atoms with Crippen molar-refractivity contribution in [3.05, 3.63) is 36.2 Å². The highest BCUT2D eigenvalue weighted by Gasteiger charge is 2.09. The van der Waals surface area contributed by atoms with Crippen molar-refractivity contribution < 1.29 is 4.79 Å². The van der Waals surface area contributed by atoms with Crippen LogP contribution >= 0.6 is 0 Å². The molecule has 2 aromatic rings. The molecular weight excluding hydrogens is 218 g/mol. The lowest BCUT2D eigenvalue weighted by Gasteiger charge is -2.08. The maximum Gasteiger partial charge on any atom is 0.250 e. The topological polar surface area (TPSA) is 99.0 Å². The normalized spacial score (nSPS) is 10.2. The number of carbonyl (C=O) groups is 1. The Balaban J connectivity index is 2.37. The number of benzene rings is 1. The van der Waals surface area contributed by atoms with Crippen molar-refractivity contribution in [3.8, 4) is 0 Å². The molecule has 0 radical (unpaired) electrons. The minimum absolute atomic E-state index is 0.392. The Hall–Kier alpha value is -2.50. The lowest BCUT2D eigenvalue weighted by atomic mass is 10.1. The van der Waals surface area contributed by atoms with Crippen LogP contribution in [0.25, 0.3) is 0 Å². The van der Waals surface area contributed by atoms with Gasteiger partial charge in [0.2, 0.25) is 0 Å². The Morgan fingerprint density at radius 3 is 2.82 bits per heavy atom. The number of aromatic nitrogens is 2. The summed E-state index contributed by atoms with van der Waals surface area (Å²) in [5.41, 5.74) is 13.2. The van der Waals surface area contributed by atoms with Crippen LogP contribution in [0.15, 0.2) is 30.6 Å². The predicted octanol–water partition coefficient (Wildman–Crippen LogP) is 0.845. The number of nitrogens with one attached hydrogen (secondary N) is 1. The number of nitrogen functional groups attached to an aromatic ring is 1. The second-order valence-electron chi connectivity index (χ2n) is 3.70. The molecule has 0 spiro atoms. The van der Waals surface area contributed by atoms with E-state index in [1.807, 2.05) is 0 Å². The lowest BCUT2D eigenvalue weighted by Crippen LogP contribution is -2.13. The Morgan fingerprint density at radius 1 is 1.47 bits per heavy atom. The number of primary amides is 1. The van der Waals surface area contributed by atoms with Crippen molar-refractivity contribution >= 4 is 23.0 Å². The summed E-state index contributed by atoms with van der Waals surface area (Å²) in [7, 11) is 1.81. The van der Waals surface area contributed by atoms with Crippen LogP contribution in [0.2, 0.25) is 0 Å². The molecule has 0 aliphatic rings. The largest absolute Gasteiger partial charge is 0.399 e. The molecule has 1 heterocycles. The van der Waals surface area contributed by atoms with Crippen LogP contribution in [-0.4, -0.2) is 15.7 Å². The molecule has 0 aliphatic heterocycles. The molecule has 0 unspecified atom stereocenters. The van der Waals surface area contributed by atoms with E-state index in [-0.39, 0.29) is 0 Å². The van der Waals surface area contributed by atoms with Gasteiger partial charge in [-0.25, -0.2) is 0 Å². The van der Waals surface area contributed by atoms with Crippen LogP contribution in [0, 0.1) is 0 Å². The maximum absolute atomic E-state index is 11.2. The van der Waals surface area contributed by atoms with Gasteiger partial charge in [-0.3, -0.25) is 9.48 Å². The molecule has 6 nitrogen and oxygen atoms in total.